The van der Waals surface area contributed by atoms with Crippen LogP contribution < -0.4 is 4.90 Å². The minimum Gasteiger partial charge on any atom is -0.390 e. The van der Waals surface area contributed by atoms with E-state index in [0.29, 0.717) is 6.54 Å². The van der Waals surface area contributed by atoms with Crippen LogP contribution >= 0.6 is 0 Å². The van der Waals surface area contributed by atoms with Crippen molar-refractivity contribution >= 4 is 15.8 Å². The van der Waals surface area contributed by atoms with E-state index in [1.165, 1.54) is 0 Å². The SMILES string of the molecule is CCN(C[C@@H](O)CS(=O)(=O)O)c1cc(C)cc(C)c1. The Kier molecular flexibility index (Phi) is 5.34. The van der Waals surface area contributed by atoms with Crippen LogP contribution in [0.1, 0.15) is 18.1 Å². The van der Waals surface area contributed by atoms with Crippen LogP contribution in [0.4, 0.5) is 5.69 Å². The van der Waals surface area contributed by atoms with Crippen molar-refractivity contribution in [1.29, 1.82) is 0 Å². The minimum absolute atomic E-state index is 0.166. The molecule has 108 valence electrons. The molecule has 1 rings (SSSR count). The van der Waals surface area contributed by atoms with Gasteiger partial charge in [-0.2, -0.15) is 8.42 Å². The zero-order valence-corrected chi connectivity index (χ0v) is 12.3. The van der Waals surface area contributed by atoms with E-state index in [1.807, 2.05) is 43.9 Å². The molecule has 0 bridgehead atoms. The molecule has 19 heavy (non-hydrogen) atoms. The normalized spacial score (nSPS) is 13.3. The second kappa shape index (κ2) is 6.36. The van der Waals surface area contributed by atoms with Crippen molar-refractivity contribution in [2.45, 2.75) is 26.9 Å². The molecular weight excluding hydrogens is 266 g/mol. The zero-order chi connectivity index (χ0) is 14.6. The van der Waals surface area contributed by atoms with Gasteiger partial charge in [0.15, 0.2) is 0 Å². The first-order chi connectivity index (χ1) is 8.71. The van der Waals surface area contributed by atoms with Gasteiger partial charge in [-0.25, -0.2) is 0 Å². The lowest BCUT2D eigenvalue weighted by Gasteiger charge is -2.26. The van der Waals surface area contributed by atoms with Crippen molar-refractivity contribution in [3.8, 4) is 0 Å². The molecule has 0 saturated heterocycles. The summed E-state index contributed by atoms with van der Waals surface area (Å²) < 4.78 is 30.2. The summed E-state index contributed by atoms with van der Waals surface area (Å²) in [6.07, 6.45) is -1.12. The van der Waals surface area contributed by atoms with Gasteiger partial charge >= 0.3 is 0 Å². The fourth-order valence-corrected chi connectivity index (χ4v) is 2.69. The zero-order valence-electron chi connectivity index (χ0n) is 11.5. The summed E-state index contributed by atoms with van der Waals surface area (Å²) in [5.41, 5.74) is 3.16. The highest BCUT2D eigenvalue weighted by molar-refractivity contribution is 7.85. The Hall–Kier alpha value is -1.11. The van der Waals surface area contributed by atoms with Crippen LogP contribution in [0, 0.1) is 13.8 Å². The Morgan fingerprint density at radius 1 is 1.21 bits per heavy atom. The molecule has 1 aromatic rings. The van der Waals surface area contributed by atoms with E-state index < -0.39 is 22.0 Å². The first kappa shape index (κ1) is 15.9. The van der Waals surface area contributed by atoms with E-state index in [1.54, 1.807) is 0 Å². The molecular formula is C13H21NO4S. The molecule has 0 spiro atoms. The number of nitrogens with zero attached hydrogens (tertiary/aromatic N) is 1. The molecule has 0 aliphatic carbocycles. The molecule has 0 aliphatic rings. The molecule has 6 heteroatoms. The standard InChI is InChI=1S/C13H21NO4S/c1-4-14(8-13(15)9-19(16,17)18)12-6-10(2)5-11(3)7-12/h5-7,13,15H,4,8-9H2,1-3H3,(H,16,17,18)/t13-/m1/s1. The van der Waals surface area contributed by atoms with Gasteiger partial charge in [-0.15, -0.1) is 0 Å². The van der Waals surface area contributed by atoms with Gasteiger partial charge in [-0.1, -0.05) is 6.07 Å². The van der Waals surface area contributed by atoms with Crippen molar-refractivity contribution < 1.29 is 18.1 Å². The van der Waals surface area contributed by atoms with E-state index in [9.17, 15) is 13.5 Å². The topological polar surface area (TPSA) is 77.8 Å². The molecule has 0 amide bonds. The maximum absolute atomic E-state index is 10.7. The van der Waals surface area contributed by atoms with Crippen LogP contribution in [0.25, 0.3) is 0 Å². The van der Waals surface area contributed by atoms with Gasteiger partial charge in [-0.3, -0.25) is 4.55 Å². The molecule has 0 aromatic heterocycles. The van der Waals surface area contributed by atoms with Crippen molar-refractivity contribution in [3.05, 3.63) is 29.3 Å². The summed E-state index contributed by atoms with van der Waals surface area (Å²) in [5.74, 6) is -0.645. The van der Waals surface area contributed by atoms with Gasteiger partial charge in [0.25, 0.3) is 10.1 Å². The smallest absolute Gasteiger partial charge is 0.267 e. The van der Waals surface area contributed by atoms with Gasteiger partial charge in [0.2, 0.25) is 0 Å². The van der Waals surface area contributed by atoms with E-state index >= 15 is 0 Å². The van der Waals surface area contributed by atoms with E-state index in [2.05, 4.69) is 0 Å². The van der Waals surface area contributed by atoms with Gasteiger partial charge in [0.1, 0.15) is 5.75 Å². The van der Waals surface area contributed by atoms with Crippen molar-refractivity contribution in [2.75, 3.05) is 23.7 Å². The molecule has 5 nitrogen and oxygen atoms in total. The predicted molar refractivity (Wildman–Crippen MR) is 76.2 cm³/mol. The Balaban J connectivity index is 2.83. The molecule has 0 aliphatic heterocycles. The number of aliphatic hydroxyl groups excluding tert-OH is 1. The summed E-state index contributed by atoms with van der Waals surface area (Å²) in [5, 5.41) is 9.71. The van der Waals surface area contributed by atoms with Gasteiger partial charge in [0.05, 0.1) is 6.10 Å². The molecule has 0 saturated carbocycles. The first-order valence-corrected chi connectivity index (χ1v) is 7.78. The molecule has 0 heterocycles. The minimum atomic E-state index is -4.15. The van der Waals surface area contributed by atoms with E-state index in [4.69, 9.17) is 4.55 Å². The Labute approximate surface area is 114 Å². The largest absolute Gasteiger partial charge is 0.390 e. The number of aryl methyl sites for hydroxylation is 2. The monoisotopic (exact) mass is 287 g/mol. The van der Waals surface area contributed by atoms with Crippen molar-refractivity contribution in [2.24, 2.45) is 0 Å². The maximum atomic E-state index is 10.7. The molecule has 2 N–H and O–H groups in total. The van der Waals surface area contributed by atoms with E-state index in [0.717, 1.165) is 16.8 Å². The number of hydrogen-bond donors (Lipinski definition) is 2. The van der Waals surface area contributed by atoms with Gasteiger partial charge in [-0.05, 0) is 44.0 Å². The summed E-state index contributed by atoms with van der Waals surface area (Å²) in [6.45, 7) is 6.71. The Morgan fingerprint density at radius 2 is 1.74 bits per heavy atom. The van der Waals surface area contributed by atoms with Crippen molar-refractivity contribution in [3.63, 3.8) is 0 Å². The van der Waals surface area contributed by atoms with Crippen LogP contribution in [0.15, 0.2) is 18.2 Å². The summed E-state index contributed by atoms with van der Waals surface area (Å²) in [6, 6.07) is 6.01. The molecule has 1 atom stereocenters. The highest BCUT2D eigenvalue weighted by Gasteiger charge is 2.17. The van der Waals surface area contributed by atoms with Crippen LogP contribution in [-0.4, -0.2) is 43.0 Å². The quantitative estimate of drug-likeness (QED) is 0.773. The van der Waals surface area contributed by atoms with Crippen LogP contribution in [0.3, 0.4) is 0 Å². The highest BCUT2D eigenvalue weighted by atomic mass is 32.2. The number of benzene rings is 1. The van der Waals surface area contributed by atoms with Crippen LogP contribution in [-0.2, 0) is 10.1 Å². The summed E-state index contributed by atoms with van der Waals surface area (Å²) in [4.78, 5) is 1.88. The van der Waals surface area contributed by atoms with Crippen LogP contribution in [0.2, 0.25) is 0 Å². The third-order valence-electron chi connectivity index (χ3n) is 2.79. The third-order valence-corrected chi connectivity index (χ3v) is 3.59. The second-order valence-corrected chi connectivity index (χ2v) is 6.28. The lowest BCUT2D eigenvalue weighted by Crippen LogP contribution is -2.36. The number of likely N-dealkylation sites (N-methyl/N-ethyl adjacent to an activating group) is 1. The molecule has 0 radical (unpaired) electrons. The number of rotatable bonds is 6. The molecule has 1 aromatic carbocycles. The average Bonchev–Trinajstić information content (AvgIpc) is 2.21. The second-order valence-electron chi connectivity index (χ2n) is 4.79. The van der Waals surface area contributed by atoms with Gasteiger partial charge < -0.3 is 10.0 Å². The maximum Gasteiger partial charge on any atom is 0.267 e. The summed E-state index contributed by atoms with van der Waals surface area (Å²) >= 11 is 0. The predicted octanol–water partition coefficient (Wildman–Crippen LogP) is 1.38. The van der Waals surface area contributed by atoms with Crippen LogP contribution in [0.5, 0.6) is 0 Å². The number of hydrogen-bond acceptors (Lipinski definition) is 4. The average molecular weight is 287 g/mol. The Bertz CT molecular complexity index is 507. The molecule has 0 unspecified atom stereocenters. The third kappa shape index (κ3) is 5.59. The summed E-state index contributed by atoms with van der Waals surface area (Å²) in [7, 11) is -4.15. The fourth-order valence-electron chi connectivity index (χ4n) is 2.10. The van der Waals surface area contributed by atoms with Gasteiger partial charge in [0, 0.05) is 18.8 Å². The lowest BCUT2D eigenvalue weighted by molar-refractivity contribution is 0.200. The Morgan fingerprint density at radius 3 is 2.16 bits per heavy atom. The number of anilines is 1. The van der Waals surface area contributed by atoms with Crippen molar-refractivity contribution in [1.82, 2.24) is 0 Å². The first-order valence-electron chi connectivity index (χ1n) is 6.17. The lowest BCUT2D eigenvalue weighted by atomic mass is 10.1. The number of aliphatic hydroxyl groups is 1. The molecule has 0 fully saturated rings. The highest BCUT2D eigenvalue weighted by Crippen LogP contribution is 2.19. The van der Waals surface area contributed by atoms with E-state index in [-0.39, 0.29) is 6.54 Å². The fraction of sp³-hybridized carbons (Fsp3) is 0.538.